The van der Waals surface area contributed by atoms with E-state index in [4.69, 9.17) is 9.15 Å². The van der Waals surface area contributed by atoms with Crippen LogP contribution < -0.4 is 0 Å². The lowest BCUT2D eigenvalue weighted by molar-refractivity contribution is -0.138. The van der Waals surface area contributed by atoms with E-state index in [0.29, 0.717) is 24.9 Å². The van der Waals surface area contributed by atoms with E-state index in [1.165, 1.54) is 7.11 Å². The van der Waals surface area contributed by atoms with Crippen LogP contribution in [0.2, 0.25) is 0 Å². The van der Waals surface area contributed by atoms with Crippen LogP contribution in [-0.2, 0) is 14.9 Å². The average molecular weight is 300 g/mol. The Kier molecular flexibility index (Phi) is 3.40. The Morgan fingerprint density at radius 3 is 2.86 bits per heavy atom. The zero-order chi connectivity index (χ0) is 15.7. The van der Waals surface area contributed by atoms with E-state index < -0.39 is 0 Å². The third kappa shape index (κ3) is 2.34. The van der Waals surface area contributed by atoms with Crippen LogP contribution in [0.1, 0.15) is 12.8 Å². The molecule has 114 valence electrons. The number of hydrogen-bond acceptors (Lipinski definition) is 6. The summed E-state index contributed by atoms with van der Waals surface area (Å²) >= 11 is 0. The van der Waals surface area contributed by atoms with Gasteiger partial charge in [0.25, 0.3) is 5.91 Å². The Balaban J connectivity index is 1.73. The molecule has 1 amide bonds. The molecule has 0 N–H and O–H groups in total. The Bertz CT molecular complexity index is 705. The third-order valence-electron chi connectivity index (χ3n) is 3.70. The smallest absolute Gasteiger partial charge is 0.288 e. The maximum absolute atomic E-state index is 11.9. The summed E-state index contributed by atoms with van der Waals surface area (Å²) in [5, 5.41) is 8.16. The molecule has 1 fully saturated rings. The molecule has 2 aromatic heterocycles. The molecule has 0 radical (unpaired) electrons. The summed E-state index contributed by atoms with van der Waals surface area (Å²) in [6, 6.07) is 3.66. The molecular weight excluding hydrogens is 284 g/mol. The van der Waals surface area contributed by atoms with Crippen molar-refractivity contribution in [3.8, 4) is 11.5 Å². The Labute approximate surface area is 127 Å². The van der Waals surface area contributed by atoms with Gasteiger partial charge in [-0.1, -0.05) is 6.58 Å². The molecule has 3 rings (SSSR count). The standard InChI is InChI=1S/C15H16N4O3/c1-10(21-3)13(20)19-8-15(2,9-19)14-18-17-12(22-14)11-5-4-6-16-7-11/h4-7H,1,8-9H2,2-3H3. The van der Waals surface area contributed by atoms with Crippen molar-refractivity contribution < 1.29 is 13.9 Å². The van der Waals surface area contributed by atoms with Gasteiger partial charge in [-0.3, -0.25) is 9.78 Å². The summed E-state index contributed by atoms with van der Waals surface area (Å²) in [4.78, 5) is 17.6. The number of rotatable bonds is 4. The van der Waals surface area contributed by atoms with Crippen molar-refractivity contribution in [3.63, 3.8) is 0 Å². The van der Waals surface area contributed by atoms with Gasteiger partial charge in [-0.15, -0.1) is 10.2 Å². The molecule has 7 heteroatoms. The second-order valence-corrected chi connectivity index (χ2v) is 5.50. The van der Waals surface area contributed by atoms with Gasteiger partial charge >= 0.3 is 0 Å². The summed E-state index contributed by atoms with van der Waals surface area (Å²) in [6.07, 6.45) is 3.35. The molecule has 0 unspecified atom stereocenters. The van der Waals surface area contributed by atoms with E-state index in [0.717, 1.165) is 5.56 Å². The Morgan fingerprint density at radius 1 is 1.45 bits per heavy atom. The number of hydrogen-bond donors (Lipinski definition) is 0. The van der Waals surface area contributed by atoms with E-state index in [9.17, 15) is 4.79 Å². The summed E-state index contributed by atoms with van der Waals surface area (Å²) in [5.41, 5.74) is 0.418. The van der Waals surface area contributed by atoms with Crippen molar-refractivity contribution in [2.24, 2.45) is 0 Å². The van der Waals surface area contributed by atoms with Crippen molar-refractivity contribution >= 4 is 5.91 Å². The molecule has 1 aliphatic heterocycles. The van der Waals surface area contributed by atoms with Crippen molar-refractivity contribution in [3.05, 3.63) is 42.8 Å². The molecule has 3 heterocycles. The maximum atomic E-state index is 11.9. The van der Waals surface area contributed by atoms with Gasteiger partial charge in [-0.05, 0) is 19.1 Å². The van der Waals surface area contributed by atoms with Crippen LogP contribution in [0.3, 0.4) is 0 Å². The summed E-state index contributed by atoms with van der Waals surface area (Å²) < 4.78 is 10.6. The summed E-state index contributed by atoms with van der Waals surface area (Å²) in [5.74, 6) is 0.851. The van der Waals surface area contributed by atoms with Gasteiger partial charge < -0.3 is 14.1 Å². The number of nitrogens with zero attached hydrogens (tertiary/aromatic N) is 4. The third-order valence-corrected chi connectivity index (χ3v) is 3.70. The summed E-state index contributed by atoms with van der Waals surface area (Å²) in [6.45, 7) is 6.53. The Morgan fingerprint density at radius 2 is 2.23 bits per heavy atom. The second-order valence-electron chi connectivity index (χ2n) is 5.50. The minimum Gasteiger partial charge on any atom is -0.492 e. The molecule has 2 aromatic rings. The molecule has 0 atom stereocenters. The van der Waals surface area contributed by atoms with Crippen molar-refractivity contribution in [2.45, 2.75) is 12.3 Å². The lowest BCUT2D eigenvalue weighted by atomic mass is 9.81. The highest BCUT2D eigenvalue weighted by Crippen LogP contribution is 2.35. The van der Waals surface area contributed by atoms with Crippen LogP contribution in [0.25, 0.3) is 11.5 Å². The number of likely N-dealkylation sites (tertiary alicyclic amines) is 1. The first-order chi connectivity index (χ1) is 10.5. The van der Waals surface area contributed by atoms with E-state index in [-0.39, 0.29) is 17.1 Å². The quantitative estimate of drug-likeness (QED) is 0.627. The fourth-order valence-electron chi connectivity index (χ4n) is 2.41. The molecular formula is C15H16N4O3. The first-order valence-electron chi connectivity index (χ1n) is 6.80. The average Bonchev–Trinajstić information content (AvgIpc) is 3.01. The van der Waals surface area contributed by atoms with Crippen molar-refractivity contribution in [1.82, 2.24) is 20.1 Å². The lowest BCUT2D eigenvalue weighted by Gasteiger charge is -2.45. The van der Waals surface area contributed by atoms with E-state index in [1.54, 1.807) is 23.4 Å². The van der Waals surface area contributed by atoms with Crippen LogP contribution in [0.15, 0.2) is 41.3 Å². The van der Waals surface area contributed by atoms with E-state index in [2.05, 4.69) is 21.8 Å². The van der Waals surface area contributed by atoms with Crippen LogP contribution >= 0.6 is 0 Å². The number of carbonyl (C=O) groups excluding carboxylic acids is 1. The first-order valence-corrected chi connectivity index (χ1v) is 6.80. The monoisotopic (exact) mass is 300 g/mol. The van der Waals surface area contributed by atoms with Crippen molar-refractivity contribution in [2.75, 3.05) is 20.2 Å². The Hall–Kier alpha value is -2.70. The van der Waals surface area contributed by atoms with Crippen LogP contribution in [0.4, 0.5) is 0 Å². The topological polar surface area (TPSA) is 81.4 Å². The minimum absolute atomic E-state index is 0.128. The highest BCUT2D eigenvalue weighted by Gasteiger charge is 2.47. The van der Waals surface area contributed by atoms with Gasteiger partial charge in [0, 0.05) is 25.5 Å². The molecule has 0 aliphatic carbocycles. The molecule has 7 nitrogen and oxygen atoms in total. The predicted molar refractivity (Wildman–Crippen MR) is 77.6 cm³/mol. The molecule has 1 saturated heterocycles. The van der Waals surface area contributed by atoms with E-state index >= 15 is 0 Å². The second kappa shape index (κ2) is 5.25. The number of methoxy groups -OCH3 is 1. The van der Waals surface area contributed by atoms with Crippen molar-refractivity contribution in [1.29, 1.82) is 0 Å². The van der Waals surface area contributed by atoms with Gasteiger partial charge in [0.05, 0.1) is 18.1 Å². The SMILES string of the molecule is C=C(OC)C(=O)N1CC(C)(c2nnc(-c3cccnc3)o2)C1. The number of carbonyl (C=O) groups is 1. The van der Waals surface area contributed by atoms with Gasteiger partial charge in [-0.25, -0.2) is 0 Å². The normalized spacial score (nSPS) is 16.0. The van der Waals surface area contributed by atoms with Crippen LogP contribution in [-0.4, -0.2) is 46.2 Å². The molecule has 0 spiro atoms. The van der Waals surface area contributed by atoms with E-state index in [1.807, 2.05) is 13.0 Å². The number of aromatic nitrogens is 3. The lowest BCUT2D eigenvalue weighted by Crippen LogP contribution is -2.60. The fourth-order valence-corrected chi connectivity index (χ4v) is 2.41. The number of pyridine rings is 1. The predicted octanol–water partition coefficient (Wildman–Crippen LogP) is 1.39. The summed E-state index contributed by atoms with van der Waals surface area (Å²) in [7, 11) is 1.43. The van der Waals surface area contributed by atoms with Gasteiger partial charge in [0.2, 0.25) is 11.8 Å². The van der Waals surface area contributed by atoms with Gasteiger partial charge in [0.1, 0.15) is 0 Å². The molecule has 0 aromatic carbocycles. The maximum Gasteiger partial charge on any atom is 0.288 e. The zero-order valence-electron chi connectivity index (χ0n) is 12.4. The molecule has 22 heavy (non-hydrogen) atoms. The van der Waals surface area contributed by atoms with Crippen LogP contribution in [0.5, 0.6) is 0 Å². The molecule has 1 aliphatic rings. The largest absolute Gasteiger partial charge is 0.492 e. The van der Waals surface area contributed by atoms with Crippen LogP contribution in [0, 0.1) is 0 Å². The molecule has 0 bridgehead atoms. The minimum atomic E-state index is -0.350. The number of amides is 1. The highest BCUT2D eigenvalue weighted by molar-refractivity contribution is 5.91. The highest BCUT2D eigenvalue weighted by atomic mass is 16.5. The zero-order valence-corrected chi connectivity index (χ0v) is 12.4. The fraction of sp³-hybridized carbons (Fsp3) is 0.333. The number of ether oxygens (including phenoxy) is 1. The molecule has 0 saturated carbocycles. The van der Waals surface area contributed by atoms with Gasteiger partial charge in [-0.2, -0.15) is 0 Å². The van der Waals surface area contributed by atoms with Gasteiger partial charge in [0.15, 0.2) is 5.76 Å². The first kappa shape index (κ1) is 14.2.